The Balaban J connectivity index is 2.39. The molecule has 0 aliphatic carbocycles. The number of halogens is 3. The van der Waals surface area contributed by atoms with Crippen LogP contribution in [0.4, 0.5) is 0 Å². The summed E-state index contributed by atoms with van der Waals surface area (Å²) in [6.07, 6.45) is -1.13. The molecule has 1 aromatic carbocycles. The maximum absolute atomic E-state index is 11.8. The van der Waals surface area contributed by atoms with Crippen LogP contribution in [0.25, 0.3) is 0 Å². The minimum atomic E-state index is -1.82. The van der Waals surface area contributed by atoms with Gasteiger partial charge in [0.05, 0.1) is 11.1 Å². The van der Waals surface area contributed by atoms with E-state index in [9.17, 15) is 9.59 Å². The second-order valence-electron chi connectivity index (χ2n) is 3.53. The van der Waals surface area contributed by atoms with Crippen LogP contribution in [0.3, 0.4) is 0 Å². The van der Waals surface area contributed by atoms with Gasteiger partial charge >= 0.3 is 5.97 Å². The lowest BCUT2D eigenvalue weighted by molar-refractivity contribution is 0.0696. The lowest BCUT2D eigenvalue weighted by atomic mass is 10.1. The number of hydrogen-bond donors (Lipinski definition) is 2. The van der Waals surface area contributed by atoms with Gasteiger partial charge in [0.1, 0.15) is 5.75 Å². The SMILES string of the molecule is O=C(O)c1ccc2c(c1)C(=O)NC(C(Cl)(Cl)Cl)O2. The molecule has 0 spiro atoms. The molecule has 0 fully saturated rings. The molecule has 8 heteroatoms. The van der Waals surface area contributed by atoms with E-state index in [1.54, 1.807) is 0 Å². The first-order valence-corrected chi connectivity index (χ1v) is 5.84. The number of carbonyl (C=O) groups is 2. The maximum Gasteiger partial charge on any atom is 0.335 e. The van der Waals surface area contributed by atoms with E-state index in [0.29, 0.717) is 0 Å². The first-order valence-electron chi connectivity index (χ1n) is 4.70. The number of carboxylic acids is 1. The van der Waals surface area contributed by atoms with Crippen molar-refractivity contribution in [3.05, 3.63) is 29.3 Å². The van der Waals surface area contributed by atoms with Gasteiger partial charge in [-0.25, -0.2) is 4.79 Å². The van der Waals surface area contributed by atoms with Gasteiger partial charge < -0.3 is 15.2 Å². The van der Waals surface area contributed by atoms with Crippen LogP contribution < -0.4 is 10.1 Å². The van der Waals surface area contributed by atoms with Crippen molar-refractivity contribution in [2.75, 3.05) is 0 Å². The van der Waals surface area contributed by atoms with Crippen molar-refractivity contribution in [1.82, 2.24) is 5.32 Å². The van der Waals surface area contributed by atoms with Crippen molar-refractivity contribution >= 4 is 46.7 Å². The molecule has 5 nitrogen and oxygen atoms in total. The van der Waals surface area contributed by atoms with Crippen molar-refractivity contribution in [1.29, 1.82) is 0 Å². The summed E-state index contributed by atoms with van der Waals surface area (Å²) in [6.45, 7) is 0. The average Bonchev–Trinajstić information content (AvgIpc) is 2.27. The van der Waals surface area contributed by atoms with Gasteiger partial charge in [-0.1, -0.05) is 34.8 Å². The zero-order valence-corrected chi connectivity index (χ0v) is 10.9. The fourth-order valence-electron chi connectivity index (χ4n) is 1.45. The quantitative estimate of drug-likeness (QED) is 0.780. The second-order valence-corrected chi connectivity index (χ2v) is 5.90. The number of hydrogen-bond acceptors (Lipinski definition) is 3. The van der Waals surface area contributed by atoms with E-state index < -0.39 is 21.9 Å². The predicted molar refractivity (Wildman–Crippen MR) is 65.6 cm³/mol. The normalized spacial score (nSPS) is 18.6. The summed E-state index contributed by atoms with van der Waals surface area (Å²) < 4.78 is 3.46. The Bertz CT molecular complexity index is 526. The van der Waals surface area contributed by atoms with Gasteiger partial charge in [-0.3, -0.25) is 4.79 Å². The van der Waals surface area contributed by atoms with Crippen molar-refractivity contribution in [2.45, 2.75) is 10.0 Å². The Morgan fingerprint density at radius 3 is 2.61 bits per heavy atom. The summed E-state index contributed by atoms with van der Waals surface area (Å²) in [4.78, 5) is 22.5. The van der Waals surface area contributed by atoms with Gasteiger partial charge in [-0.05, 0) is 18.2 Å². The summed E-state index contributed by atoms with van der Waals surface area (Å²) in [5, 5.41) is 11.1. The number of carbonyl (C=O) groups excluding carboxylic acids is 1. The molecular formula is C10H6Cl3NO4. The Labute approximate surface area is 117 Å². The monoisotopic (exact) mass is 309 g/mol. The third kappa shape index (κ3) is 2.48. The molecule has 0 bridgehead atoms. The van der Waals surface area contributed by atoms with Gasteiger partial charge in [-0.15, -0.1) is 0 Å². The second kappa shape index (κ2) is 4.50. The summed E-state index contributed by atoms with van der Waals surface area (Å²) >= 11 is 16.9. The van der Waals surface area contributed by atoms with Crippen molar-refractivity contribution in [3.8, 4) is 5.75 Å². The van der Waals surface area contributed by atoms with Crippen LogP contribution in [0.5, 0.6) is 5.75 Å². The molecule has 1 aliphatic heterocycles. The predicted octanol–water partition coefficient (Wildman–Crippen LogP) is 2.20. The molecule has 1 heterocycles. The first-order chi connectivity index (χ1) is 8.29. The van der Waals surface area contributed by atoms with Gasteiger partial charge in [0, 0.05) is 0 Å². The van der Waals surface area contributed by atoms with E-state index in [-0.39, 0.29) is 16.9 Å². The van der Waals surface area contributed by atoms with Gasteiger partial charge in [-0.2, -0.15) is 0 Å². The molecule has 0 aromatic heterocycles. The van der Waals surface area contributed by atoms with Crippen LogP contribution in [0, 0.1) is 0 Å². The zero-order chi connectivity index (χ0) is 13.5. The number of amides is 1. The highest BCUT2D eigenvalue weighted by atomic mass is 35.6. The van der Waals surface area contributed by atoms with E-state index in [1.807, 2.05) is 0 Å². The standard InChI is InChI=1S/C10H6Cl3NO4/c11-10(12,13)9-14-7(15)5-3-4(8(16)17)1-2-6(5)18-9/h1-3,9H,(H,14,15)(H,16,17). The molecule has 1 unspecified atom stereocenters. The lowest BCUT2D eigenvalue weighted by Crippen LogP contribution is -2.50. The summed E-state index contributed by atoms with van der Waals surface area (Å²) in [6, 6.07) is 3.84. The lowest BCUT2D eigenvalue weighted by Gasteiger charge is -2.31. The molecular weight excluding hydrogens is 304 g/mol. The minimum absolute atomic E-state index is 0.0279. The summed E-state index contributed by atoms with van der Waals surface area (Å²) in [5.74, 6) is -1.54. The largest absolute Gasteiger partial charge is 0.478 e. The molecule has 2 N–H and O–H groups in total. The van der Waals surface area contributed by atoms with Crippen LogP contribution >= 0.6 is 34.8 Å². The van der Waals surface area contributed by atoms with Crippen LogP contribution in [0.1, 0.15) is 20.7 Å². The van der Waals surface area contributed by atoms with Crippen molar-refractivity contribution in [3.63, 3.8) is 0 Å². The van der Waals surface area contributed by atoms with Crippen molar-refractivity contribution < 1.29 is 19.4 Å². The first kappa shape index (κ1) is 13.3. The van der Waals surface area contributed by atoms with Crippen LogP contribution in [0.2, 0.25) is 0 Å². The highest BCUT2D eigenvalue weighted by Crippen LogP contribution is 2.35. The molecule has 1 amide bonds. The van der Waals surface area contributed by atoms with E-state index in [4.69, 9.17) is 44.6 Å². The summed E-state index contributed by atoms with van der Waals surface area (Å²) in [5.41, 5.74) is 0.0558. The van der Waals surface area contributed by atoms with Crippen LogP contribution in [-0.2, 0) is 0 Å². The van der Waals surface area contributed by atoms with Crippen LogP contribution in [0.15, 0.2) is 18.2 Å². The van der Waals surface area contributed by atoms with Crippen molar-refractivity contribution in [2.24, 2.45) is 0 Å². The Morgan fingerprint density at radius 1 is 1.39 bits per heavy atom. The molecule has 0 saturated heterocycles. The molecule has 1 aliphatic rings. The number of carboxylic acid groups (broad SMARTS) is 1. The van der Waals surface area contributed by atoms with E-state index in [1.165, 1.54) is 18.2 Å². The third-order valence-electron chi connectivity index (χ3n) is 2.28. The average molecular weight is 311 g/mol. The summed E-state index contributed by atoms with van der Waals surface area (Å²) in [7, 11) is 0. The molecule has 18 heavy (non-hydrogen) atoms. The molecule has 1 aromatic rings. The minimum Gasteiger partial charge on any atom is -0.478 e. The number of benzene rings is 1. The van der Waals surface area contributed by atoms with Gasteiger partial charge in [0.2, 0.25) is 10.0 Å². The smallest absolute Gasteiger partial charge is 0.335 e. The molecule has 1 atom stereocenters. The topological polar surface area (TPSA) is 75.6 Å². The van der Waals surface area contributed by atoms with E-state index in [2.05, 4.69) is 5.32 Å². The van der Waals surface area contributed by atoms with E-state index in [0.717, 1.165) is 0 Å². The maximum atomic E-state index is 11.8. The van der Waals surface area contributed by atoms with Gasteiger partial charge in [0.15, 0.2) is 0 Å². The molecule has 96 valence electrons. The molecule has 0 radical (unpaired) electrons. The molecule has 2 rings (SSSR count). The number of rotatable bonds is 1. The number of nitrogens with one attached hydrogen (secondary N) is 1. The fourth-order valence-corrected chi connectivity index (χ4v) is 1.74. The highest BCUT2D eigenvalue weighted by molar-refractivity contribution is 6.68. The fraction of sp³-hybridized carbons (Fsp3) is 0.200. The Hall–Kier alpha value is -1.17. The van der Waals surface area contributed by atoms with Gasteiger partial charge in [0.25, 0.3) is 5.91 Å². The number of alkyl halides is 3. The third-order valence-corrected chi connectivity index (χ3v) is 2.87. The van der Waals surface area contributed by atoms with Crippen LogP contribution in [-0.4, -0.2) is 27.0 Å². The highest BCUT2D eigenvalue weighted by Gasteiger charge is 2.40. The number of ether oxygens (including phenoxy) is 1. The number of fused-ring (bicyclic) bond motifs is 1. The Kier molecular flexibility index (Phi) is 3.31. The zero-order valence-electron chi connectivity index (χ0n) is 8.62. The molecule has 0 saturated carbocycles. The number of aromatic carboxylic acids is 1. The van der Waals surface area contributed by atoms with E-state index >= 15 is 0 Å². The Morgan fingerprint density at radius 2 is 2.06 bits per heavy atom.